The van der Waals surface area contributed by atoms with E-state index in [1.165, 1.54) is 6.42 Å². The van der Waals surface area contributed by atoms with Gasteiger partial charge in [-0.1, -0.05) is 19.1 Å². The highest BCUT2D eigenvalue weighted by atomic mass is 16.5. The topological polar surface area (TPSA) is 49.9 Å². The second kappa shape index (κ2) is 7.89. The van der Waals surface area contributed by atoms with Crippen molar-refractivity contribution >= 4 is 11.8 Å². The summed E-state index contributed by atoms with van der Waals surface area (Å²) < 4.78 is 5.17. The van der Waals surface area contributed by atoms with Gasteiger partial charge in [-0.3, -0.25) is 9.59 Å². The van der Waals surface area contributed by atoms with Crippen LogP contribution in [0.1, 0.15) is 44.6 Å². The van der Waals surface area contributed by atoms with Gasteiger partial charge in [0.1, 0.15) is 5.75 Å². The first-order chi connectivity index (χ1) is 12.1. The molecule has 1 aromatic rings. The van der Waals surface area contributed by atoms with E-state index in [-0.39, 0.29) is 17.7 Å². The smallest absolute Gasteiger partial charge is 0.228 e. The Morgan fingerprint density at radius 1 is 1.24 bits per heavy atom. The van der Waals surface area contributed by atoms with Crippen LogP contribution in [-0.4, -0.2) is 47.9 Å². The summed E-state index contributed by atoms with van der Waals surface area (Å²) in [6.07, 6.45) is 4.73. The minimum atomic E-state index is -0.183. The molecule has 0 radical (unpaired) electrons. The van der Waals surface area contributed by atoms with E-state index in [1.54, 1.807) is 7.11 Å². The van der Waals surface area contributed by atoms with Crippen LogP contribution in [0.15, 0.2) is 24.3 Å². The molecule has 5 nitrogen and oxygen atoms in total. The Bertz CT molecular complexity index is 614. The van der Waals surface area contributed by atoms with Gasteiger partial charge < -0.3 is 14.5 Å². The van der Waals surface area contributed by atoms with Crippen LogP contribution < -0.4 is 4.74 Å². The molecule has 2 fully saturated rings. The molecule has 25 heavy (non-hydrogen) atoms. The highest BCUT2D eigenvalue weighted by molar-refractivity contribution is 5.89. The number of carbonyl (C=O) groups excluding carboxylic acids is 2. The quantitative estimate of drug-likeness (QED) is 0.825. The molecule has 2 atom stereocenters. The van der Waals surface area contributed by atoms with Crippen LogP contribution in [0.25, 0.3) is 0 Å². The Morgan fingerprint density at radius 3 is 2.68 bits per heavy atom. The van der Waals surface area contributed by atoms with Crippen LogP contribution in [0.5, 0.6) is 5.75 Å². The van der Waals surface area contributed by atoms with Crippen molar-refractivity contribution in [3.8, 4) is 5.75 Å². The van der Waals surface area contributed by atoms with E-state index in [9.17, 15) is 9.59 Å². The van der Waals surface area contributed by atoms with E-state index in [0.717, 1.165) is 37.1 Å². The second-order valence-electron chi connectivity index (χ2n) is 7.11. The van der Waals surface area contributed by atoms with E-state index in [0.29, 0.717) is 25.6 Å². The Balaban J connectivity index is 1.62. The van der Waals surface area contributed by atoms with Gasteiger partial charge in [-0.2, -0.15) is 0 Å². The average molecular weight is 344 g/mol. The third-order valence-corrected chi connectivity index (χ3v) is 5.48. The van der Waals surface area contributed by atoms with Crippen molar-refractivity contribution in [1.29, 1.82) is 0 Å². The van der Waals surface area contributed by atoms with Gasteiger partial charge in [0, 0.05) is 32.1 Å². The molecule has 2 aliphatic rings. The maximum atomic E-state index is 12.9. The van der Waals surface area contributed by atoms with Crippen molar-refractivity contribution in [3.05, 3.63) is 29.8 Å². The largest absolute Gasteiger partial charge is 0.497 e. The second-order valence-corrected chi connectivity index (χ2v) is 7.11. The fourth-order valence-electron chi connectivity index (χ4n) is 3.99. The normalized spacial score (nSPS) is 23.8. The first-order valence-corrected chi connectivity index (χ1v) is 9.33. The van der Waals surface area contributed by atoms with Gasteiger partial charge in [0.15, 0.2) is 0 Å². The maximum Gasteiger partial charge on any atom is 0.228 e. The van der Waals surface area contributed by atoms with Crippen molar-refractivity contribution in [3.63, 3.8) is 0 Å². The van der Waals surface area contributed by atoms with Crippen LogP contribution in [0.4, 0.5) is 0 Å². The number of benzene rings is 1. The maximum absolute atomic E-state index is 12.9. The SMILES string of the molecule is CCC1CCCCN1C(=O)C1CC(=O)N(Cc2ccc(OC)cc2)C1. The summed E-state index contributed by atoms with van der Waals surface area (Å²) in [6.45, 7) is 4.09. The lowest BCUT2D eigenvalue weighted by Gasteiger charge is -2.36. The fourth-order valence-corrected chi connectivity index (χ4v) is 3.99. The first kappa shape index (κ1) is 17.8. The molecule has 2 saturated heterocycles. The molecule has 0 saturated carbocycles. The first-order valence-electron chi connectivity index (χ1n) is 9.33. The van der Waals surface area contributed by atoms with Gasteiger partial charge in [-0.15, -0.1) is 0 Å². The van der Waals surface area contributed by atoms with E-state index in [1.807, 2.05) is 34.1 Å². The number of ether oxygens (including phenoxy) is 1. The van der Waals surface area contributed by atoms with E-state index < -0.39 is 0 Å². The Morgan fingerprint density at radius 2 is 2.00 bits per heavy atom. The molecule has 0 aromatic heterocycles. The predicted octanol–water partition coefficient (Wildman–Crippen LogP) is 2.83. The number of hydrogen-bond acceptors (Lipinski definition) is 3. The summed E-state index contributed by atoms with van der Waals surface area (Å²) in [7, 11) is 1.64. The number of amides is 2. The van der Waals surface area contributed by atoms with Gasteiger partial charge >= 0.3 is 0 Å². The van der Waals surface area contributed by atoms with Crippen LogP contribution in [-0.2, 0) is 16.1 Å². The fraction of sp³-hybridized carbons (Fsp3) is 0.600. The molecule has 2 unspecified atom stereocenters. The van der Waals surface area contributed by atoms with Crippen molar-refractivity contribution in [2.24, 2.45) is 5.92 Å². The highest BCUT2D eigenvalue weighted by Crippen LogP contribution is 2.27. The van der Waals surface area contributed by atoms with Crippen molar-refractivity contribution in [2.75, 3.05) is 20.2 Å². The van der Waals surface area contributed by atoms with Crippen LogP contribution in [0.3, 0.4) is 0 Å². The molecule has 0 spiro atoms. The molecule has 136 valence electrons. The third-order valence-electron chi connectivity index (χ3n) is 5.48. The molecule has 1 aromatic carbocycles. The molecule has 3 rings (SSSR count). The number of likely N-dealkylation sites (tertiary alicyclic amines) is 2. The number of nitrogens with zero attached hydrogens (tertiary/aromatic N) is 2. The lowest BCUT2D eigenvalue weighted by molar-refractivity contribution is -0.139. The predicted molar refractivity (Wildman–Crippen MR) is 96.2 cm³/mol. The zero-order chi connectivity index (χ0) is 17.8. The minimum absolute atomic E-state index is 0.0826. The zero-order valence-corrected chi connectivity index (χ0v) is 15.2. The Labute approximate surface area is 149 Å². The van der Waals surface area contributed by atoms with Gasteiger partial charge in [-0.25, -0.2) is 0 Å². The van der Waals surface area contributed by atoms with Crippen molar-refractivity contribution < 1.29 is 14.3 Å². The third kappa shape index (κ3) is 3.97. The summed E-state index contributed by atoms with van der Waals surface area (Å²) in [4.78, 5) is 29.2. The summed E-state index contributed by atoms with van der Waals surface area (Å²) in [5.74, 6) is 0.884. The van der Waals surface area contributed by atoms with Gasteiger partial charge in [-0.05, 0) is 43.4 Å². The Kier molecular flexibility index (Phi) is 5.61. The average Bonchev–Trinajstić information content (AvgIpc) is 3.02. The summed E-state index contributed by atoms with van der Waals surface area (Å²) in [5, 5.41) is 0. The Hall–Kier alpha value is -2.04. The van der Waals surface area contributed by atoms with E-state index in [2.05, 4.69) is 6.92 Å². The highest BCUT2D eigenvalue weighted by Gasteiger charge is 2.38. The number of piperidine rings is 1. The van der Waals surface area contributed by atoms with Gasteiger partial charge in [0.2, 0.25) is 11.8 Å². The molecule has 2 aliphatic heterocycles. The lowest BCUT2D eigenvalue weighted by Crippen LogP contribution is -2.46. The van der Waals surface area contributed by atoms with Crippen LogP contribution in [0, 0.1) is 5.92 Å². The van der Waals surface area contributed by atoms with Crippen LogP contribution >= 0.6 is 0 Å². The zero-order valence-electron chi connectivity index (χ0n) is 15.2. The van der Waals surface area contributed by atoms with E-state index in [4.69, 9.17) is 4.74 Å². The molecule has 0 bridgehead atoms. The van der Waals surface area contributed by atoms with E-state index >= 15 is 0 Å². The summed E-state index contributed by atoms with van der Waals surface area (Å²) >= 11 is 0. The molecular formula is C20H28N2O3. The summed E-state index contributed by atoms with van der Waals surface area (Å²) in [6, 6.07) is 8.10. The number of carbonyl (C=O) groups is 2. The molecule has 0 N–H and O–H groups in total. The monoisotopic (exact) mass is 344 g/mol. The number of methoxy groups -OCH3 is 1. The minimum Gasteiger partial charge on any atom is -0.497 e. The standard InChI is InChI=1S/C20H28N2O3/c1-3-17-6-4-5-11-22(17)20(24)16-12-19(23)21(14-16)13-15-7-9-18(25-2)10-8-15/h7-10,16-17H,3-6,11-14H2,1-2H3. The molecule has 2 amide bonds. The summed E-state index contributed by atoms with van der Waals surface area (Å²) in [5.41, 5.74) is 1.06. The lowest BCUT2D eigenvalue weighted by atomic mass is 9.97. The van der Waals surface area contributed by atoms with Gasteiger partial charge in [0.25, 0.3) is 0 Å². The molecule has 5 heteroatoms. The molecular weight excluding hydrogens is 316 g/mol. The molecule has 0 aliphatic carbocycles. The van der Waals surface area contributed by atoms with Gasteiger partial charge in [0.05, 0.1) is 13.0 Å². The molecule has 2 heterocycles. The number of hydrogen-bond donors (Lipinski definition) is 0. The van der Waals surface area contributed by atoms with Crippen molar-refractivity contribution in [1.82, 2.24) is 9.80 Å². The number of rotatable bonds is 5. The van der Waals surface area contributed by atoms with Crippen LogP contribution in [0.2, 0.25) is 0 Å². The van der Waals surface area contributed by atoms with Crippen molar-refractivity contribution in [2.45, 2.75) is 51.6 Å².